The van der Waals surface area contributed by atoms with E-state index in [0.717, 1.165) is 13.1 Å². The second kappa shape index (κ2) is 3.72. The van der Waals surface area contributed by atoms with Crippen LogP contribution in [-0.2, 0) is 9.59 Å². The van der Waals surface area contributed by atoms with Gasteiger partial charge in [-0.05, 0) is 37.5 Å². The van der Waals surface area contributed by atoms with Crippen molar-refractivity contribution in [2.75, 3.05) is 13.1 Å². The highest BCUT2D eigenvalue weighted by Gasteiger charge is 2.59. The highest BCUT2D eigenvalue weighted by Crippen LogP contribution is 2.49. The van der Waals surface area contributed by atoms with Crippen LogP contribution in [0.15, 0.2) is 0 Å². The Labute approximate surface area is 101 Å². The summed E-state index contributed by atoms with van der Waals surface area (Å²) < 4.78 is 0. The normalized spacial score (nSPS) is 34.2. The van der Waals surface area contributed by atoms with Crippen LogP contribution in [0.5, 0.6) is 0 Å². The lowest BCUT2D eigenvalue weighted by Crippen LogP contribution is -2.39. The Kier molecular flexibility index (Phi) is 2.42. The van der Waals surface area contributed by atoms with Crippen LogP contribution >= 0.6 is 0 Å². The number of amides is 1. The van der Waals surface area contributed by atoms with Gasteiger partial charge in [0.15, 0.2) is 0 Å². The summed E-state index contributed by atoms with van der Waals surface area (Å²) in [5.41, 5.74) is -1.03. The highest BCUT2D eigenvalue weighted by molar-refractivity contribution is 6.04. The fourth-order valence-electron chi connectivity index (χ4n) is 3.52. The molecule has 1 heterocycles. The maximum Gasteiger partial charge on any atom is 0.319 e. The van der Waals surface area contributed by atoms with Crippen LogP contribution in [0, 0.1) is 17.3 Å². The fourth-order valence-corrected chi connectivity index (χ4v) is 3.52. The van der Waals surface area contributed by atoms with E-state index in [9.17, 15) is 9.59 Å². The van der Waals surface area contributed by atoms with Crippen molar-refractivity contribution in [3.63, 3.8) is 0 Å². The summed E-state index contributed by atoms with van der Waals surface area (Å²) in [6, 6.07) is 0. The van der Waals surface area contributed by atoms with Crippen LogP contribution in [-0.4, -0.2) is 35.0 Å². The number of likely N-dealkylation sites (tertiary alicyclic amines) is 1. The third-order valence-corrected chi connectivity index (χ3v) is 4.83. The molecule has 1 N–H and O–H groups in total. The first-order chi connectivity index (χ1) is 8.13. The Morgan fingerprint density at radius 2 is 1.59 bits per heavy atom. The van der Waals surface area contributed by atoms with Crippen molar-refractivity contribution in [1.29, 1.82) is 0 Å². The lowest BCUT2D eigenvalue weighted by molar-refractivity contribution is -0.153. The second-order valence-electron chi connectivity index (χ2n) is 5.90. The topological polar surface area (TPSA) is 57.6 Å². The van der Waals surface area contributed by atoms with E-state index in [4.69, 9.17) is 5.11 Å². The van der Waals surface area contributed by atoms with Gasteiger partial charge in [-0.2, -0.15) is 0 Å². The summed E-state index contributed by atoms with van der Waals surface area (Å²) in [5.74, 6) is 0.242. The predicted molar refractivity (Wildman–Crippen MR) is 61.3 cm³/mol. The molecule has 2 saturated carbocycles. The number of carbonyl (C=O) groups is 2. The molecule has 0 spiro atoms. The first-order valence-corrected chi connectivity index (χ1v) is 6.66. The van der Waals surface area contributed by atoms with Crippen LogP contribution in [0.4, 0.5) is 0 Å². The van der Waals surface area contributed by atoms with Gasteiger partial charge in [-0.3, -0.25) is 9.59 Å². The maximum absolute atomic E-state index is 12.3. The number of aliphatic carboxylic acids is 1. The zero-order valence-corrected chi connectivity index (χ0v) is 10.0. The van der Waals surface area contributed by atoms with E-state index in [1.165, 1.54) is 25.7 Å². The quantitative estimate of drug-likeness (QED) is 0.740. The third kappa shape index (κ3) is 1.65. The van der Waals surface area contributed by atoms with Crippen molar-refractivity contribution in [2.45, 2.75) is 38.5 Å². The molecule has 0 aromatic rings. The van der Waals surface area contributed by atoms with Crippen LogP contribution in [0.1, 0.15) is 38.5 Å². The van der Waals surface area contributed by atoms with E-state index in [1.54, 1.807) is 0 Å². The summed E-state index contributed by atoms with van der Waals surface area (Å²) in [6.45, 7) is 1.61. The van der Waals surface area contributed by atoms with Crippen molar-refractivity contribution in [3.8, 4) is 0 Å². The van der Waals surface area contributed by atoms with E-state index in [1.807, 2.05) is 4.90 Å². The first kappa shape index (κ1) is 11.1. The number of carboxylic acids is 1. The lowest BCUT2D eigenvalue weighted by atomic mass is 9.82. The van der Waals surface area contributed by atoms with Gasteiger partial charge in [0, 0.05) is 13.1 Å². The number of hydrogen-bond donors (Lipinski definition) is 1. The molecule has 1 saturated heterocycles. The maximum atomic E-state index is 12.3. The molecule has 2 aliphatic carbocycles. The Bertz CT molecular complexity index is 348. The lowest BCUT2D eigenvalue weighted by Gasteiger charge is -2.22. The third-order valence-electron chi connectivity index (χ3n) is 4.83. The summed E-state index contributed by atoms with van der Waals surface area (Å²) in [6.07, 6.45) is 6.05. The van der Waals surface area contributed by atoms with Crippen molar-refractivity contribution >= 4 is 11.9 Å². The standard InChI is InChI=1S/C13H19NO3/c15-11(13(5-6-13)12(16)17)14-7-9-3-1-2-4-10(9)8-14/h9-10H,1-8H2,(H,16,17)/t9-,10-/m1/s1. The largest absolute Gasteiger partial charge is 0.480 e. The SMILES string of the molecule is O=C(O)C1(C(=O)N2C[C@H]3CCCC[C@@H]3C2)CC1. The van der Waals surface area contributed by atoms with E-state index in [-0.39, 0.29) is 5.91 Å². The molecule has 0 aromatic carbocycles. The molecule has 0 bridgehead atoms. The highest BCUT2D eigenvalue weighted by atomic mass is 16.4. The summed E-state index contributed by atoms with van der Waals surface area (Å²) >= 11 is 0. The van der Waals surface area contributed by atoms with E-state index in [0.29, 0.717) is 24.7 Å². The molecule has 0 radical (unpaired) electrons. The van der Waals surface area contributed by atoms with Gasteiger partial charge in [-0.1, -0.05) is 12.8 Å². The molecule has 1 amide bonds. The van der Waals surface area contributed by atoms with Crippen molar-refractivity contribution < 1.29 is 14.7 Å². The smallest absolute Gasteiger partial charge is 0.319 e. The summed E-state index contributed by atoms with van der Waals surface area (Å²) in [4.78, 5) is 25.2. The van der Waals surface area contributed by atoms with Gasteiger partial charge in [-0.15, -0.1) is 0 Å². The van der Waals surface area contributed by atoms with Gasteiger partial charge in [-0.25, -0.2) is 0 Å². The monoisotopic (exact) mass is 237 g/mol. The summed E-state index contributed by atoms with van der Waals surface area (Å²) in [5, 5.41) is 9.15. The van der Waals surface area contributed by atoms with E-state index in [2.05, 4.69) is 0 Å². The molecule has 4 heteroatoms. The molecule has 4 nitrogen and oxygen atoms in total. The average molecular weight is 237 g/mol. The molecule has 3 fully saturated rings. The number of carboxylic acid groups (broad SMARTS) is 1. The minimum absolute atomic E-state index is 0.112. The van der Waals surface area contributed by atoms with E-state index >= 15 is 0 Å². The zero-order valence-electron chi connectivity index (χ0n) is 10.0. The van der Waals surface area contributed by atoms with Gasteiger partial charge in [0.2, 0.25) is 5.91 Å². The van der Waals surface area contributed by atoms with Crippen LogP contribution in [0.2, 0.25) is 0 Å². The fraction of sp³-hybridized carbons (Fsp3) is 0.846. The van der Waals surface area contributed by atoms with Crippen molar-refractivity contribution in [2.24, 2.45) is 17.3 Å². The molecular weight excluding hydrogens is 218 g/mol. The van der Waals surface area contributed by atoms with Gasteiger partial charge in [0.05, 0.1) is 0 Å². The van der Waals surface area contributed by atoms with Gasteiger partial charge in [0.1, 0.15) is 5.41 Å². The molecule has 0 aromatic heterocycles. The number of carbonyl (C=O) groups excluding carboxylic acids is 1. The first-order valence-electron chi connectivity index (χ1n) is 6.66. The molecule has 1 aliphatic heterocycles. The minimum Gasteiger partial charge on any atom is -0.480 e. The second-order valence-corrected chi connectivity index (χ2v) is 5.90. The molecule has 94 valence electrons. The molecule has 3 rings (SSSR count). The summed E-state index contributed by atoms with van der Waals surface area (Å²) in [7, 11) is 0. The molecule has 3 aliphatic rings. The van der Waals surface area contributed by atoms with Gasteiger partial charge >= 0.3 is 5.97 Å². The number of hydrogen-bond acceptors (Lipinski definition) is 2. The van der Waals surface area contributed by atoms with Crippen LogP contribution in [0.25, 0.3) is 0 Å². The van der Waals surface area contributed by atoms with Crippen LogP contribution < -0.4 is 0 Å². The van der Waals surface area contributed by atoms with Gasteiger partial charge < -0.3 is 10.0 Å². The Hall–Kier alpha value is -1.06. The minimum atomic E-state index is -1.03. The van der Waals surface area contributed by atoms with Crippen molar-refractivity contribution in [3.05, 3.63) is 0 Å². The number of fused-ring (bicyclic) bond motifs is 1. The Morgan fingerprint density at radius 3 is 2.00 bits per heavy atom. The number of rotatable bonds is 2. The zero-order chi connectivity index (χ0) is 12.0. The molecule has 0 unspecified atom stereocenters. The molecule has 2 atom stereocenters. The number of nitrogens with zero attached hydrogens (tertiary/aromatic N) is 1. The van der Waals surface area contributed by atoms with Gasteiger partial charge in [0.25, 0.3) is 0 Å². The molecular formula is C13H19NO3. The average Bonchev–Trinajstić information content (AvgIpc) is 3.02. The van der Waals surface area contributed by atoms with Crippen LogP contribution in [0.3, 0.4) is 0 Å². The van der Waals surface area contributed by atoms with E-state index < -0.39 is 11.4 Å². The Balaban J connectivity index is 1.70. The Morgan fingerprint density at radius 1 is 1.06 bits per heavy atom. The van der Waals surface area contributed by atoms with Crippen molar-refractivity contribution in [1.82, 2.24) is 4.90 Å². The predicted octanol–water partition coefficient (Wildman–Crippen LogP) is 1.50. The molecule has 17 heavy (non-hydrogen) atoms.